The number of hydrogen-bond acceptors (Lipinski definition) is 4. The SMILES string of the molecule is Cc1cn(Cc2cnc(C)s2)c(NCC(C)C)n1. The first-order valence-corrected chi connectivity index (χ1v) is 7.05. The summed E-state index contributed by atoms with van der Waals surface area (Å²) < 4.78 is 2.16. The molecule has 0 radical (unpaired) electrons. The summed E-state index contributed by atoms with van der Waals surface area (Å²) in [5.74, 6) is 1.56. The first kappa shape index (κ1) is 13.1. The average Bonchev–Trinajstić information content (AvgIpc) is 2.83. The van der Waals surface area contributed by atoms with Crippen LogP contribution in [0.4, 0.5) is 5.95 Å². The third-order valence-electron chi connectivity index (χ3n) is 2.56. The summed E-state index contributed by atoms with van der Waals surface area (Å²) in [5, 5.41) is 4.51. The molecule has 2 aromatic heterocycles. The molecule has 0 saturated heterocycles. The largest absolute Gasteiger partial charge is 0.355 e. The lowest BCUT2D eigenvalue weighted by Gasteiger charge is -2.10. The number of aromatic nitrogens is 3. The highest BCUT2D eigenvalue weighted by molar-refractivity contribution is 7.11. The maximum atomic E-state index is 4.52. The van der Waals surface area contributed by atoms with Crippen LogP contribution < -0.4 is 5.32 Å². The number of anilines is 1. The van der Waals surface area contributed by atoms with Gasteiger partial charge in [-0.3, -0.25) is 0 Å². The van der Waals surface area contributed by atoms with Crippen LogP contribution in [0.25, 0.3) is 0 Å². The molecule has 2 heterocycles. The van der Waals surface area contributed by atoms with E-state index in [9.17, 15) is 0 Å². The van der Waals surface area contributed by atoms with E-state index in [0.717, 1.165) is 29.7 Å². The molecule has 0 fully saturated rings. The van der Waals surface area contributed by atoms with Crippen molar-refractivity contribution in [3.8, 4) is 0 Å². The fourth-order valence-electron chi connectivity index (χ4n) is 1.75. The molecular weight excluding hydrogens is 244 g/mol. The highest BCUT2D eigenvalue weighted by Gasteiger charge is 2.08. The Balaban J connectivity index is 2.11. The van der Waals surface area contributed by atoms with Crippen LogP contribution >= 0.6 is 11.3 Å². The van der Waals surface area contributed by atoms with Gasteiger partial charge in [-0.1, -0.05) is 13.8 Å². The highest BCUT2D eigenvalue weighted by atomic mass is 32.1. The van der Waals surface area contributed by atoms with Crippen LogP contribution in [0, 0.1) is 19.8 Å². The van der Waals surface area contributed by atoms with Crippen LogP contribution in [0.15, 0.2) is 12.4 Å². The molecular formula is C13H20N4S. The standard InChI is InChI=1S/C13H20N4S/c1-9(2)5-15-13-16-10(3)7-17(13)8-12-6-14-11(4)18-12/h6-7,9H,5,8H2,1-4H3,(H,15,16). The van der Waals surface area contributed by atoms with Gasteiger partial charge < -0.3 is 9.88 Å². The van der Waals surface area contributed by atoms with E-state index < -0.39 is 0 Å². The van der Waals surface area contributed by atoms with Crippen molar-refractivity contribution in [2.24, 2.45) is 5.92 Å². The van der Waals surface area contributed by atoms with Crippen molar-refractivity contribution in [3.05, 3.63) is 28.0 Å². The van der Waals surface area contributed by atoms with E-state index in [1.165, 1.54) is 4.88 Å². The summed E-state index contributed by atoms with van der Waals surface area (Å²) in [6.07, 6.45) is 4.03. The summed E-state index contributed by atoms with van der Waals surface area (Å²) in [5.41, 5.74) is 1.04. The Labute approximate surface area is 112 Å². The molecule has 0 saturated carbocycles. The molecule has 0 aromatic carbocycles. The molecule has 18 heavy (non-hydrogen) atoms. The minimum absolute atomic E-state index is 0.612. The normalized spacial score (nSPS) is 11.2. The Bertz CT molecular complexity index is 513. The average molecular weight is 264 g/mol. The van der Waals surface area contributed by atoms with Crippen LogP contribution in [0.5, 0.6) is 0 Å². The molecule has 2 rings (SSSR count). The Morgan fingerprint density at radius 2 is 2.17 bits per heavy atom. The quantitative estimate of drug-likeness (QED) is 0.902. The summed E-state index contributed by atoms with van der Waals surface area (Å²) in [6.45, 7) is 10.2. The lowest BCUT2D eigenvalue weighted by molar-refractivity contribution is 0.677. The van der Waals surface area contributed by atoms with Gasteiger partial charge in [-0.15, -0.1) is 11.3 Å². The maximum Gasteiger partial charge on any atom is 0.203 e. The second-order valence-corrected chi connectivity index (χ2v) is 6.27. The number of nitrogens with zero attached hydrogens (tertiary/aromatic N) is 3. The summed E-state index contributed by atoms with van der Waals surface area (Å²) in [6, 6.07) is 0. The summed E-state index contributed by atoms with van der Waals surface area (Å²) in [7, 11) is 0. The molecule has 0 aliphatic carbocycles. The molecule has 1 N–H and O–H groups in total. The van der Waals surface area contributed by atoms with Crippen LogP contribution in [-0.2, 0) is 6.54 Å². The number of aryl methyl sites for hydroxylation is 2. The Morgan fingerprint density at radius 3 is 2.78 bits per heavy atom. The minimum Gasteiger partial charge on any atom is -0.355 e. The minimum atomic E-state index is 0.612. The first-order valence-electron chi connectivity index (χ1n) is 6.23. The van der Waals surface area contributed by atoms with Crippen molar-refractivity contribution in [3.63, 3.8) is 0 Å². The highest BCUT2D eigenvalue weighted by Crippen LogP contribution is 2.17. The molecule has 2 aromatic rings. The Morgan fingerprint density at radius 1 is 1.39 bits per heavy atom. The number of thiazole rings is 1. The van der Waals surface area contributed by atoms with Gasteiger partial charge in [0.05, 0.1) is 17.2 Å². The van der Waals surface area contributed by atoms with E-state index in [-0.39, 0.29) is 0 Å². The van der Waals surface area contributed by atoms with Gasteiger partial charge in [0.25, 0.3) is 0 Å². The zero-order chi connectivity index (χ0) is 13.1. The molecule has 0 amide bonds. The van der Waals surface area contributed by atoms with Crippen molar-refractivity contribution in [2.45, 2.75) is 34.2 Å². The number of nitrogens with one attached hydrogen (secondary N) is 1. The Kier molecular flexibility index (Phi) is 4.01. The number of imidazole rings is 1. The van der Waals surface area contributed by atoms with E-state index in [4.69, 9.17) is 0 Å². The number of hydrogen-bond donors (Lipinski definition) is 1. The molecule has 0 spiro atoms. The van der Waals surface area contributed by atoms with Crippen LogP contribution in [-0.4, -0.2) is 21.1 Å². The van der Waals surface area contributed by atoms with E-state index in [2.05, 4.69) is 39.9 Å². The van der Waals surface area contributed by atoms with Gasteiger partial charge in [0.15, 0.2) is 0 Å². The van der Waals surface area contributed by atoms with Crippen molar-refractivity contribution >= 4 is 17.3 Å². The van der Waals surface area contributed by atoms with Gasteiger partial charge in [-0.2, -0.15) is 0 Å². The predicted octanol–water partition coefficient (Wildman–Crippen LogP) is 3.07. The van der Waals surface area contributed by atoms with E-state index in [1.807, 2.05) is 20.0 Å². The smallest absolute Gasteiger partial charge is 0.203 e. The monoisotopic (exact) mass is 264 g/mol. The van der Waals surface area contributed by atoms with Crippen LogP contribution in [0.3, 0.4) is 0 Å². The van der Waals surface area contributed by atoms with Crippen LogP contribution in [0.2, 0.25) is 0 Å². The summed E-state index contributed by atoms with van der Waals surface area (Å²) in [4.78, 5) is 10.1. The maximum absolute atomic E-state index is 4.52. The van der Waals surface area contributed by atoms with Gasteiger partial charge in [0, 0.05) is 23.8 Å². The third kappa shape index (κ3) is 3.32. The van der Waals surface area contributed by atoms with Gasteiger partial charge in [0.2, 0.25) is 5.95 Å². The molecule has 0 aliphatic rings. The molecule has 0 aliphatic heterocycles. The fourth-order valence-corrected chi connectivity index (χ4v) is 2.54. The van der Waals surface area contributed by atoms with Gasteiger partial charge in [-0.05, 0) is 19.8 Å². The van der Waals surface area contributed by atoms with E-state index in [0.29, 0.717) is 5.92 Å². The molecule has 98 valence electrons. The van der Waals surface area contributed by atoms with Gasteiger partial charge in [-0.25, -0.2) is 9.97 Å². The van der Waals surface area contributed by atoms with E-state index in [1.54, 1.807) is 11.3 Å². The third-order valence-corrected chi connectivity index (χ3v) is 3.46. The fraction of sp³-hybridized carbons (Fsp3) is 0.538. The second kappa shape index (κ2) is 5.52. The van der Waals surface area contributed by atoms with Gasteiger partial charge in [0.1, 0.15) is 0 Å². The van der Waals surface area contributed by atoms with Crippen LogP contribution in [0.1, 0.15) is 29.4 Å². The topological polar surface area (TPSA) is 42.7 Å². The molecule has 0 bridgehead atoms. The lowest BCUT2D eigenvalue weighted by Crippen LogP contribution is -2.12. The summed E-state index contributed by atoms with van der Waals surface area (Å²) >= 11 is 1.74. The van der Waals surface area contributed by atoms with Crippen molar-refractivity contribution in [1.29, 1.82) is 0 Å². The number of rotatable bonds is 5. The van der Waals surface area contributed by atoms with Crippen molar-refractivity contribution in [1.82, 2.24) is 14.5 Å². The second-order valence-electron chi connectivity index (χ2n) is 4.95. The Hall–Kier alpha value is -1.36. The predicted molar refractivity (Wildman–Crippen MR) is 76.2 cm³/mol. The zero-order valence-corrected chi connectivity index (χ0v) is 12.2. The lowest BCUT2D eigenvalue weighted by atomic mass is 10.2. The van der Waals surface area contributed by atoms with Gasteiger partial charge >= 0.3 is 0 Å². The van der Waals surface area contributed by atoms with Crippen molar-refractivity contribution in [2.75, 3.05) is 11.9 Å². The molecule has 5 heteroatoms. The van der Waals surface area contributed by atoms with E-state index >= 15 is 0 Å². The molecule has 0 atom stereocenters. The first-order chi connectivity index (χ1) is 8.54. The van der Waals surface area contributed by atoms with Crippen molar-refractivity contribution < 1.29 is 0 Å². The zero-order valence-electron chi connectivity index (χ0n) is 11.4. The molecule has 0 unspecified atom stereocenters. The molecule has 4 nitrogen and oxygen atoms in total.